The molecule has 1 aromatic carbocycles. The molecule has 6 heteroatoms. The van der Waals surface area contributed by atoms with E-state index in [2.05, 4.69) is 25.1 Å². The van der Waals surface area contributed by atoms with Gasteiger partial charge in [0.1, 0.15) is 0 Å². The van der Waals surface area contributed by atoms with Gasteiger partial charge in [0.25, 0.3) is 0 Å². The van der Waals surface area contributed by atoms with E-state index in [1.165, 1.54) is 0 Å². The standard InChI is InChI=1S/C11H12N4OSe/c1-2-6-12-7-10(16)13-8-4-3-5-9-11(8)15-17-14-9/h2-5,12H,1,6-7H2,(H,13,16). The Morgan fingerprint density at radius 2 is 2.35 bits per heavy atom. The summed E-state index contributed by atoms with van der Waals surface area (Å²) in [7, 11) is 0. The van der Waals surface area contributed by atoms with Crippen molar-refractivity contribution in [3.8, 4) is 0 Å². The molecule has 1 aliphatic rings. The molecule has 1 aliphatic heterocycles. The third-order valence-electron chi connectivity index (χ3n) is 2.13. The Hall–Kier alpha value is -1.49. The molecule has 0 atom stereocenters. The topological polar surface area (TPSA) is 65.8 Å². The Kier molecular flexibility index (Phi) is 4.03. The van der Waals surface area contributed by atoms with Crippen LogP contribution in [0.25, 0.3) is 0 Å². The van der Waals surface area contributed by atoms with Crippen molar-refractivity contribution < 1.29 is 4.79 Å². The van der Waals surface area contributed by atoms with Crippen LogP contribution in [0.15, 0.2) is 38.8 Å². The molecule has 0 radical (unpaired) electrons. The number of fused-ring (bicyclic) bond motifs is 1. The van der Waals surface area contributed by atoms with Crippen molar-refractivity contribution in [2.24, 2.45) is 7.92 Å². The van der Waals surface area contributed by atoms with Crippen LogP contribution in [0.4, 0.5) is 17.1 Å². The fraction of sp³-hybridized carbons (Fsp3) is 0.182. The van der Waals surface area contributed by atoms with Crippen LogP contribution in [-0.2, 0) is 4.79 Å². The van der Waals surface area contributed by atoms with Gasteiger partial charge in [0, 0.05) is 0 Å². The van der Waals surface area contributed by atoms with Crippen LogP contribution < -0.4 is 10.6 Å². The molecule has 0 saturated carbocycles. The summed E-state index contributed by atoms with van der Waals surface area (Å²) in [5.41, 5.74) is 2.39. The number of nitrogens with zero attached hydrogens (tertiary/aromatic N) is 2. The number of amides is 1. The molecule has 17 heavy (non-hydrogen) atoms. The molecule has 88 valence electrons. The van der Waals surface area contributed by atoms with Crippen LogP contribution in [0.2, 0.25) is 0 Å². The zero-order valence-electron chi connectivity index (χ0n) is 9.14. The summed E-state index contributed by atoms with van der Waals surface area (Å²) in [6.45, 7) is 4.45. The van der Waals surface area contributed by atoms with E-state index in [9.17, 15) is 4.79 Å². The summed E-state index contributed by atoms with van der Waals surface area (Å²) in [5.74, 6) is -0.0881. The van der Waals surface area contributed by atoms with Gasteiger partial charge in [-0.25, -0.2) is 0 Å². The van der Waals surface area contributed by atoms with Crippen molar-refractivity contribution in [1.82, 2.24) is 5.32 Å². The van der Waals surface area contributed by atoms with Gasteiger partial charge in [0.15, 0.2) is 0 Å². The zero-order chi connectivity index (χ0) is 12.1. The first kappa shape index (κ1) is 12.0. The van der Waals surface area contributed by atoms with E-state index in [1.54, 1.807) is 6.08 Å². The second-order valence-electron chi connectivity index (χ2n) is 3.41. The molecule has 0 fully saturated rings. The van der Waals surface area contributed by atoms with Gasteiger partial charge in [-0.2, -0.15) is 0 Å². The van der Waals surface area contributed by atoms with Crippen LogP contribution in [0, 0.1) is 0 Å². The van der Waals surface area contributed by atoms with E-state index in [-0.39, 0.29) is 27.0 Å². The number of carbonyl (C=O) groups is 1. The van der Waals surface area contributed by atoms with E-state index in [1.807, 2.05) is 18.2 Å². The molecule has 0 aromatic heterocycles. The Morgan fingerprint density at radius 1 is 1.47 bits per heavy atom. The Balaban J connectivity index is 2.00. The maximum absolute atomic E-state index is 11.6. The molecule has 2 rings (SSSR count). The van der Waals surface area contributed by atoms with Gasteiger partial charge in [-0.3, -0.25) is 0 Å². The van der Waals surface area contributed by atoms with Crippen molar-refractivity contribution in [3.05, 3.63) is 30.9 Å². The van der Waals surface area contributed by atoms with Gasteiger partial charge in [-0.15, -0.1) is 0 Å². The average molecular weight is 295 g/mol. The SMILES string of the molecule is C=CCNCC(=O)Nc1cccc2c1N=[Se]=N2. The zero-order valence-corrected chi connectivity index (χ0v) is 10.9. The quantitative estimate of drug-likeness (QED) is 0.501. The van der Waals surface area contributed by atoms with Gasteiger partial charge in [-0.05, 0) is 0 Å². The third-order valence-corrected chi connectivity index (χ3v) is 3.27. The summed E-state index contributed by atoms with van der Waals surface area (Å²) < 4.78 is 8.55. The van der Waals surface area contributed by atoms with Crippen LogP contribution in [0.1, 0.15) is 0 Å². The second kappa shape index (κ2) is 5.72. The minimum atomic E-state index is -0.0881. The maximum atomic E-state index is 11.6. The molecule has 0 spiro atoms. The molecule has 0 bridgehead atoms. The van der Waals surface area contributed by atoms with Crippen molar-refractivity contribution in [1.29, 1.82) is 0 Å². The summed E-state index contributed by atoms with van der Waals surface area (Å²) in [5, 5.41) is 5.76. The summed E-state index contributed by atoms with van der Waals surface area (Å²) in [4.78, 5) is 11.6. The molecule has 2 N–H and O–H groups in total. The molecule has 5 nitrogen and oxygen atoms in total. The molecule has 0 saturated heterocycles. The number of hydrogen-bond acceptors (Lipinski definition) is 4. The summed E-state index contributed by atoms with van der Waals surface area (Å²) in [6.07, 6.45) is 1.71. The van der Waals surface area contributed by atoms with Gasteiger partial charge in [0.05, 0.1) is 0 Å². The Bertz CT molecular complexity index is 520. The molecule has 1 amide bonds. The number of benzene rings is 1. The number of carbonyl (C=O) groups excluding carboxylic acids is 1. The number of anilines is 1. The summed E-state index contributed by atoms with van der Waals surface area (Å²) in [6, 6.07) is 5.61. The minimum absolute atomic E-state index is 0.0791. The number of nitrogens with one attached hydrogen (secondary N) is 2. The van der Waals surface area contributed by atoms with E-state index in [0.717, 1.165) is 17.1 Å². The number of hydrogen-bond donors (Lipinski definition) is 2. The molecule has 1 heterocycles. The third kappa shape index (κ3) is 3.00. The van der Waals surface area contributed by atoms with Crippen LogP contribution in [-0.4, -0.2) is 33.6 Å². The van der Waals surface area contributed by atoms with Crippen molar-refractivity contribution in [3.63, 3.8) is 0 Å². The molecular formula is C11H12N4OSe. The first-order chi connectivity index (χ1) is 8.31. The Labute approximate surface area is 105 Å². The monoisotopic (exact) mass is 296 g/mol. The molecule has 1 aromatic rings. The first-order valence-corrected chi connectivity index (χ1v) is 6.67. The molecule has 0 aliphatic carbocycles. The van der Waals surface area contributed by atoms with E-state index in [0.29, 0.717) is 6.54 Å². The normalized spacial score (nSPS) is 11.8. The van der Waals surface area contributed by atoms with Gasteiger partial charge < -0.3 is 0 Å². The number of rotatable bonds is 5. The van der Waals surface area contributed by atoms with Crippen molar-refractivity contribution >= 4 is 37.5 Å². The molecular weight excluding hydrogens is 283 g/mol. The van der Waals surface area contributed by atoms with Crippen molar-refractivity contribution in [2.45, 2.75) is 0 Å². The second-order valence-corrected chi connectivity index (χ2v) is 4.51. The van der Waals surface area contributed by atoms with Gasteiger partial charge in [0.2, 0.25) is 0 Å². The van der Waals surface area contributed by atoms with E-state index in [4.69, 9.17) is 0 Å². The first-order valence-electron chi connectivity index (χ1n) is 5.14. The predicted octanol–water partition coefficient (Wildman–Crippen LogP) is 1.75. The van der Waals surface area contributed by atoms with Crippen molar-refractivity contribution in [2.75, 3.05) is 18.4 Å². The van der Waals surface area contributed by atoms with Crippen LogP contribution in [0.3, 0.4) is 0 Å². The van der Waals surface area contributed by atoms with Crippen LogP contribution in [0.5, 0.6) is 0 Å². The summed E-state index contributed by atoms with van der Waals surface area (Å²) >= 11 is -0.0791. The molecule has 0 unspecified atom stereocenters. The predicted molar refractivity (Wildman–Crippen MR) is 68.1 cm³/mol. The fourth-order valence-electron chi connectivity index (χ4n) is 1.39. The van der Waals surface area contributed by atoms with Crippen LogP contribution >= 0.6 is 0 Å². The fourth-order valence-corrected chi connectivity index (χ4v) is 2.54. The Morgan fingerprint density at radius 3 is 3.18 bits per heavy atom. The van der Waals surface area contributed by atoms with Gasteiger partial charge in [-0.1, -0.05) is 0 Å². The average Bonchev–Trinajstić information content (AvgIpc) is 2.78. The van der Waals surface area contributed by atoms with E-state index < -0.39 is 0 Å². The van der Waals surface area contributed by atoms with Gasteiger partial charge >= 0.3 is 105 Å². The van der Waals surface area contributed by atoms with E-state index >= 15 is 0 Å².